The molecule has 1 N–H and O–H groups in total. The van der Waals surface area contributed by atoms with Crippen LogP contribution < -0.4 is 0 Å². The second kappa shape index (κ2) is 5.87. The number of benzene rings is 2. The van der Waals surface area contributed by atoms with Gasteiger partial charge in [0.25, 0.3) is 0 Å². The minimum absolute atomic E-state index is 0.328. The van der Waals surface area contributed by atoms with Crippen LogP contribution in [0.5, 0.6) is 0 Å². The van der Waals surface area contributed by atoms with Crippen molar-refractivity contribution in [2.45, 2.75) is 13.2 Å². The Morgan fingerprint density at radius 3 is 2.68 bits per heavy atom. The standard InChI is InChI=1S/C17H15F2NO2/c1-2-22-17(21)12-3-5-16(14(19)10-12)20-8-7-11-9-13(18)4-6-15(11)20/h3-10,17,21H,2H2,1H3. The number of hydrogen-bond acceptors (Lipinski definition) is 2. The van der Waals surface area contributed by atoms with Crippen LogP contribution in [0.2, 0.25) is 0 Å². The third-order valence-corrected chi connectivity index (χ3v) is 3.49. The van der Waals surface area contributed by atoms with E-state index in [1.807, 2.05) is 0 Å². The van der Waals surface area contributed by atoms with Gasteiger partial charge in [-0.15, -0.1) is 0 Å². The average Bonchev–Trinajstić information content (AvgIpc) is 2.90. The summed E-state index contributed by atoms with van der Waals surface area (Å²) in [6.07, 6.45) is 0.533. The maximum Gasteiger partial charge on any atom is 0.181 e. The molecule has 3 aromatic rings. The molecule has 0 aliphatic carbocycles. The van der Waals surface area contributed by atoms with Crippen molar-refractivity contribution in [3.63, 3.8) is 0 Å². The summed E-state index contributed by atoms with van der Waals surface area (Å²) in [7, 11) is 0. The zero-order valence-corrected chi connectivity index (χ0v) is 12.0. The summed E-state index contributed by atoms with van der Waals surface area (Å²) in [5.41, 5.74) is 1.39. The molecule has 22 heavy (non-hydrogen) atoms. The fourth-order valence-corrected chi connectivity index (χ4v) is 2.45. The van der Waals surface area contributed by atoms with Crippen molar-refractivity contribution in [1.29, 1.82) is 0 Å². The van der Waals surface area contributed by atoms with E-state index in [1.165, 1.54) is 18.2 Å². The first kappa shape index (κ1) is 14.7. The molecule has 0 aliphatic heterocycles. The van der Waals surface area contributed by atoms with Gasteiger partial charge in [0.15, 0.2) is 6.29 Å². The maximum atomic E-state index is 14.4. The van der Waals surface area contributed by atoms with E-state index in [1.54, 1.807) is 42.0 Å². The Labute approximate surface area is 126 Å². The monoisotopic (exact) mass is 303 g/mol. The fourth-order valence-electron chi connectivity index (χ4n) is 2.45. The van der Waals surface area contributed by atoms with E-state index in [4.69, 9.17) is 4.74 Å². The number of aliphatic hydroxyl groups excluding tert-OH is 1. The van der Waals surface area contributed by atoms with Crippen molar-refractivity contribution < 1.29 is 18.6 Å². The molecule has 1 aromatic heterocycles. The number of fused-ring (bicyclic) bond motifs is 1. The highest BCUT2D eigenvalue weighted by Crippen LogP contribution is 2.25. The van der Waals surface area contributed by atoms with Crippen molar-refractivity contribution in [2.24, 2.45) is 0 Å². The lowest BCUT2D eigenvalue weighted by atomic mass is 10.2. The molecule has 1 atom stereocenters. The van der Waals surface area contributed by atoms with Gasteiger partial charge in [0.2, 0.25) is 0 Å². The van der Waals surface area contributed by atoms with Gasteiger partial charge in [-0.05, 0) is 43.3 Å². The Kier molecular flexibility index (Phi) is 3.92. The molecule has 0 bridgehead atoms. The Hall–Kier alpha value is -2.24. The molecule has 114 valence electrons. The van der Waals surface area contributed by atoms with Crippen molar-refractivity contribution in [2.75, 3.05) is 6.61 Å². The number of hydrogen-bond donors (Lipinski definition) is 1. The van der Waals surface area contributed by atoms with Gasteiger partial charge >= 0.3 is 0 Å². The molecule has 0 fully saturated rings. The van der Waals surface area contributed by atoms with Gasteiger partial charge < -0.3 is 14.4 Å². The zero-order chi connectivity index (χ0) is 15.7. The third kappa shape index (κ3) is 2.61. The van der Waals surface area contributed by atoms with E-state index in [-0.39, 0.29) is 5.82 Å². The van der Waals surface area contributed by atoms with Crippen LogP contribution in [-0.4, -0.2) is 16.3 Å². The van der Waals surface area contributed by atoms with Crippen LogP contribution in [0.1, 0.15) is 18.8 Å². The summed E-state index contributed by atoms with van der Waals surface area (Å²) < 4.78 is 34.3. The lowest BCUT2D eigenvalue weighted by Crippen LogP contribution is -2.05. The number of rotatable bonds is 4. The Morgan fingerprint density at radius 2 is 1.95 bits per heavy atom. The molecule has 0 saturated heterocycles. The molecular formula is C17H15F2NO2. The summed E-state index contributed by atoms with van der Waals surface area (Å²) >= 11 is 0. The van der Waals surface area contributed by atoms with Crippen LogP contribution in [0.15, 0.2) is 48.7 Å². The second-order valence-electron chi connectivity index (χ2n) is 4.91. The zero-order valence-electron chi connectivity index (χ0n) is 12.0. The first-order valence-electron chi connectivity index (χ1n) is 6.96. The summed E-state index contributed by atoms with van der Waals surface area (Å²) in [5, 5.41) is 10.4. The third-order valence-electron chi connectivity index (χ3n) is 3.49. The van der Waals surface area contributed by atoms with Gasteiger partial charge in [-0.25, -0.2) is 8.78 Å². The molecule has 3 nitrogen and oxygen atoms in total. The van der Waals surface area contributed by atoms with Crippen molar-refractivity contribution in [3.8, 4) is 5.69 Å². The predicted octanol–water partition coefficient (Wildman–Crippen LogP) is 3.94. The van der Waals surface area contributed by atoms with Crippen LogP contribution in [-0.2, 0) is 4.74 Å². The lowest BCUT2D eigenvalue weighted by Gasteiger charge is -2.13. The number of aromatic nitrogens is 1. The highest BCUT2D eigenvalue weighted by molar-refractivity contribution is 5.82. The molecule has 5 heteroatoms. The van der Waals surface area contributed by atoms with Gasteiger partial charge in [0, 0.05) is 23.8 Å². The summed E-state index contributed by atoms with van der Waals surface area (Å²) in [6.45, 7) is 2.08. The van der Waals surface area contributed by atoms with Crippen LogP contribution >= 0.6 is 0 Å². The van der Waals surface area contributed by atoms with E-state index in [9.17, 15) is 13.9 Å². The summed E-state index contributed by atoms with van der Waals surface area (Å²) in [6, 6.07) is 10.5. The van der Waals surface area contributed by atoms with E-state index in [2.05, 4.69) is 0 Å². The van der Waals surface area contributed by atoms with Gasteiger partial charge in [-0.1, -0.05) is 6.07 Å². The molecule has 0 spiro atoms. The van der Waals surface area contributed by atoms with Gasteiger partial charge in [0.1, 0.15) is 11.6 Å². The molecular weight excluding hydrogens is 288 g/mol. The Balaban J connectivity index is 2.04. The fraction of sp³-hybridized carbons (Fsp3) is 0.176. The van der Waals surface area contributed by atoms with E-state index < -0.39 is 12.1 Å². The first-order valence-corrected chi connectivity index (χ1v) is 6.96. The average molecular weight is 303 g/mol. The molecule has 0 amide bonds. The number of nitrogens with zero attached hydrogens (tertiary/aromatic N) is 1. The molecule has 2 aromatic carbocycles. The minimum Gasteiger partial charge on any atom is -0.364 e. The van der Waals surface area contributed by atoms with Crippen LogP contribution in [0.25, 0.3) is 16.6 Å². The largest absolute Gasteiger partial charge is 0.364 e. The number of halogens is 2. The summed E-state index contributed by atoms with van der Waals surface area (Å²) in [4.78, 5) is 0. The van der Waals surface area contributed by atoms with Crippen LogP contribution in [0.4, 0.5) is 8.78 Å². The quantitative estimate of drug-likeness (QED) is 0.741. The SMILES string of the molecule is CCOC(O)c1ccc(-n2ccc3cc(F)ccc32)c(F)c1. The van der Waals surface area contributed by atoms with Crippen LogP contribution in [0, 0.1) is 11.6 Å². The van der Waals surface area contributed by atoms with Crippen LogP contribution in [0.3, 0.4) is 0 Å². The normalized spacial score (nSPS) is 12.7. The minimum atomic E-state index is -1.15. The molecule has 3 rings (SSSR count). The molecule has 1 unspecified atom stereocenters. The summed E-state index contributed by atoms with van der Waals surface area (Å²) in [5.74, 6) is -0.820. The van der Waals surface area contributed by atoms with Crippen molar-refractivity contribution in [1.82, 2.24) is 4.57 Å². The van der Waals surface area contributed by atoms with Gasteiger partial charge in [-0.3, -0.25) is 0 Å². The molecule has 0 radical (unpaired) electrons. The molecule has 0 saturated carbocycles. The lowest BCUT2D eigenvalue weighted by molar-refractivity contribution is -0.0981. The van der Waals surface area contributed by atoms with Crippen molar-refractivity contribution in [3.05, 3.63) is 65.9 Å². The Morgan fingerprint density at radius 1 is 1.14 bits per heavy atom. The number of aliphatic hydroxyl groups is 1. The van der Waals surface area contributed by atoms with Crippen molar-refractivity contribution >= 4 is 10.9 Å². The topological polar surface area (TPSA) is 34.4 Å². The van der Waals surface area contributed by atoms with Gasteiger partial charge in [0.05, 0.1) is 11.2 Å². The highest BCUT2D eigenvalue weighted by Gasteiger charge is 2.13. The molecule has 1 heterocycles. The Bertz CT molecular complexity index is 814. The second-order valence-corrected chi connectivity index (χ2v) is 4.91. The smallest absolute Gasteiger partial charge is 0.181 e. The highest BCUT2D eigenvalue weighted by atomic mass is 19.1. The number of ether oxygens (including phenoxy) is 1. The molecule has 0 aliphatic rings. The van der Waals surface area contributed by atoms with E-state index in [0.717, 1.165) is 0 Å². The first-order chi connectivity index (χ1) is 10.6. The predicted molar refractivity (Wildman–Crippen MR) is 79.8 cm³/mol. The maximum absolute atomic E-state index is 14.4. The van der Waals surface area contributed by atoms with E-state index >= 15 is 0 Å². The van der Waals surface area contributed by atoms with Gasteiger partial charge in [-0.2, -0.15) is 0 Å². The van der Waals surface area contributed by atoms with E-state index in [0.29, 0.717) is 28.8 Å².